The molecule has 3 aliphatic rings. The second-order valence-corrected chi connectivity index (χ2v) is 15.5. The Labute approximate surface area is 354 Å². The molecule has 6 nitrogen and oxygen atoms in total. The first-order valence-electron chi connectivity index (χ1n) is 19.7. The van der Waals surface area contributed by atoms with Gasteiger partial charge in [0.15, 0.2) is 0 Å². The smallest absolute Gasteiger partial charge is 0.335 e. The van der Waals surface area contributed by atoms with Gasteiger partial charge in [0, 0.05) is 38.6 Å². The number of anilines is 2. The number of phenols is 1. The van der Waals surface area contributed by atoms with Gasteiger partial charge < -0.3 is 19.8 Å². The maximum Gasteiger partial charge on any atom is 0.335 e. The molecule has 0 saturated heterocycles. The minimum absolute atomic E-state index is 0. The van der Waals surface area contributed by atoms with Crippen molar-refractivity contribution >= 4 is 35.4 Å². The molecular formula is C50H41BN5OPt-. The van der Waals surface area contributed by atoms with Gasteiger partial charge in [-0.2, -0.15) is 0 Å². The van der Waals surface area contributed by atoms with Crippen LogP contribution in [0.4, 0.5) is 11.4 Å². The van der Waals surface area contributed by atoms with Crippen LogP contribution < -0.4 is 16.0 Å². The summed E-state index contributed by atoms with van der Waals surface area (Å²) in [6.45, 7) is 8.75. The van der Waals surface area contributed by atoms with Crippen LogP contribution in [-0.4, -0.2) is 31.3 Å². The first-order chi connectivity index (χ1) is 27.9. The van der Waals surface area contributed by atoms with Crippen molar-refractivity contribution in [2.75, 3.05) is 4.90 Å². The Morgan fingerprint density at radius 2 is 1.43 bits per heavy atom. The quantitative estimate of drug-likeness (QED) is 0.128. The third kappa shape index (κ3) is 6.08. The number of hydrogen-bond acceptors (Lipinski definition) is 5. The van der Waals surface area contributed by atoms with E-state index in [0.717, 1.165) is 56.6 Å². The first-order valence-corrected chi connectivity index (χ1v) is 19.7. The molecular weight excluding hydrogens is 892 g/mol. The fourth-order valence-electron chi connectivity index (χ4n) is 8.66. The number of para-hydroxylation sites is 2. The van der Waals surface area contributed by atoms with Crippen molar-refractivity contribution < 1.29 is 26.2 Å². The van der Waals surface area contributed by atoms with Gasteiger partial charge in [0.2, 0.25) is 0 Å². The van der Waals surface area contributed by atoms with Crippen molar-refractivity contribution in [3.05, 3.63) is 186 Å². The number of benzene rings is 5. The Kier molecular flexibility index (Phi) is 9.66. The largest absolute Gasteiger partial charge is 0.507 e. The van der Waals surface area contributed by atoms with Gasteiger partial charge in [0.1, 0.15) is 11.6 Å². The first kappa shape index (κ1) is 37.4. The van der Waals surface area contributed by atoms with Gasteiger partial charge in [-0.15, -0.1) is 29.2 Å². The van der Waals surface area contributed by atoms with Crippen LogP contribution in [-0.2, 0) is 21.1 Å². The molecule has 10 rings (SSSR count). The maximum atomic E-state index is 11.6. The third-order valence-electron chi connectivity index (χ3n) is 11.3. The van der Waals surface area contributed by atoms with Crippen molar-refractivity contribution in [2.45, 2.75) is 39.5 Å². The van der Waals surface area contributed by atoms with Crippen molar-refractivity contribution in [3.63, 3.8) is 0 Å². The molecule has 1 N–H and O–H groups in total. The van der Waals surface area contributed by atoms with E-state index in [1.807, 2.05) is 42.6 Å². The molecule has 0 radical (unpaired) electrons. The summed E-state index contributed by atoms with van der Waals surface area (Å²) in [6, 6.07) is 47.7. The summed E-state index contributed by atoms with van der Waals surface area (Å²) >= 11 is 0. The van der Waals surface area contributed by atoms with E-state index in [1.54, 1.807) is 6.07 Å². The molecule has 0 aliphatic carbocycles. The molecule has 286 valence electrons. The number of aromatic hydroxyl groups is 1. The number of hydrogen-bond donors (Lipinski definition) is 1. The molecule has 0 fully saturated rings. The van der Waals surface area contributed by atoms with Gasteiger partial charge in [0.05, 0.1) is 28.4 Å². The fraction of sp³-hybridized carbons (Fsp3) is 0.120. The topological polar surface area (TPSA) is 57.4 Å². The van der Waals surface area contributed by atoms with Crippen molar-refractivity contribution in [3.8, 4) is 45.2 Å². The molecule has 0 unspecified atom stereocenters. The van der Waals surface area contributed by atoms with Gasteiger partial charge >= 0.3 is 6.85 Å². The third-order valence-corrected chi connectivity index (χ3v) is 11.3. The number of aromatic nitrogens is 3. The monoisotopic (exact) mass is 933 g/mol. The standard InChI is InChI=1S/C50H41BN5O.Pt/c1-32(2)40-28-36(34-16-7-5-8-17-34)29-41(33(3)4)48(40)55-45-31-38-20-15-24-47-54(37-18-9-6-10-19-37)44-26-25-35(43-22-13-14-27-52-43)30-42(44)51(56(38)47)49(45)53-50(55)39-21-11-12-23-46(39)57;/h5-29,31-33,57H,1-4H3;/q-1;. The predicted octanol–water partition coefficient (Wildman–Crippen LogP) is 10.3. The average Bonchev–Trinajstić information content (AvgIpc) is 3.62. The van der Waals surface area contributed by atoms with Crippen LogP contribution in [0.2, 0.25) is 0 Å². The zero-order chi connectivity index (χ0) is 38.8. The van der Waals surface area contributed by atoms with E-state index in [4.69, 9.17) is 9.97 Å². The van der Waals surface area contributed by atoms with E-state index in [2.05, 4.69) is 157 Å². The van der Waals surface area contributed by atoms with Gasteiger partial charge in [-0.05, 0) is 106 Å². The van der Waals surface area contributed by atoms with Gasteiger partial charge in [-0.3, -0.25) is 4.57 Å². The van der Waals surface area contributed by atoms with Crippen molar-refractivity contribution in [1.82, 2.24) is 19.3 Å². The molecule has 0 bridgehead atoms. The Bertz CT molecular complexity index is 2750. The van der Waals surface area contributed by atoms with E-state index in [9.17, 15) is 5.11 Å². The summed E-state index contributed by atoms with van der Waals surface area (Å²) in [5.74, 6) is 2.31. The second-order valence-electron chi connectivity index (χ2n) is 15.5. The zero-order valence-corrected chi connectivity index (χ0v) is 35.0. The van der Waals surface area contributed by atoms with Crippen LogP contribution >= 0.6 is 0 Å². The van der Waals surface area contributed by atoms with E-state index in [1.165, 1.54) is 22.3 Å². The number of pyridine rings is 1. The minimum Gasteiger partial charge on any atom is -0.507 e. The van der Waals surface area contributed by atoms with Crippen LogP contribution in [0.15, 0.2) is 163 Å². The van der Waals surface area contributed by atoms with Gasteiger partial charge in [-0.25, -0.2) is 4.98 Å². The number of fused-ring (bicyclic) bond motifs is 4. The molecule has 7 aromatic rings. The fourth-order valence-corrected chi connectivity index (χ4v) is 8.66. The van der Waals surface area contributed by atoms with Crippen LogP contribution in [0.5, 0.6) is 5.75 Å². The van der Waals surface area contributed by atoms with Crippen molar-refractivity contribution in [1.29, 1.82) is 0 Å². The SMILES string of the molecule is CC(C)c1cc(-c2ccccc2)cc(C(C)C)c1-n1c(-c2ccccc2O)nc2c1C=C1C=CC=C3N1B2c1[c-]c(-c2ccccn2)ccc1N3c1ccccc1.[Pt]. The summed E-state index contributed by atoms with van der Waals surface area (Å²) in [5.41, 5.74) is 14.4. The number of allylic oxidation sites excluding steroid dienone is 3. The molecule has 58 heavy (non-hydrogen) atoms. The molecule has 0 spiro atoms. The summed E-state index contributed by atoms with van der Waals surface area (Å²) in [7, 11) is 0. The molecule has 0 saturated carbocycles. The normalized spacial score (nSPS) is 13.8. The second kappa shape index (κ2) is 15.0. The van der Waals surface area contributed by atoms with E-state index in [0.29, 0.717) is 11.4 Å². The molecule has 0 amide bonds. The van der Waals surface area contributed by atoms with E-state index >= 15 is 0 Å². The van der Waals surface area contributed by atoms with Crippen LogP contribution in [0.1, 0.15) is 56.4 Å². The van der Waals surface area contributed by atoms with Crippen LogP contribution in [0.3, 0.4) is 0 Å². The summed E-state index contributed by atoms with van der Waals surface area (Å²) in [6.07, 6.45) is 10.6. The van der Waals surface area contributed by atoms with Gasteiger partial charge in [-0.1, -0.05) is 107 Å². The molecule has 2 aromatic heterocycles. The number of phenolic OH excluding ortho intramolecular Hbond substituents is 1. The van der Waals surface area contributed by atoms with E-state index < -0.39 is 0 Å². The zero-order valence-electron chi connectivity index (χ0n) is 32.7. The Morgan fingerprint density at radius 3 is 2.12 bits per heavy atom. The molecule has 5 heterocycles. The van der Waals surface area contributed by atoms with Crippen molar-refractivity contribution in [2.24, 2.45) is 0 Å². The van der Waals surface area contributed by atoms with Crippen LogP contribution in [0.25, 0.3) is 45.5 Å². The summed E-state index contributed by atoms with van der Waals surface area (Å²) in [4.78, 5) is 15.1. The predicted molar refractivity (Wildman–Crippen MR) is 233 cm³/mol. The molecule has 0 atom stereocenters. The Hall–Kier alpha value is -6.17. The molecule has 5 aromatic carbocycles. The number of imidazole rings is 1. The summed E-state index contributed by atoms with van der Waals surface area (Å²) < 4.78 is 2.34. The molecule has 8 heteroatoms. The Morgan fingerprint density at radius 1 is 0.741 bits per heavy atom. The number of nitrogens with zero attached hydrogens (tertiary/aromatic N) is 5. The number of rotatable bonds is 7. The van der Waals surface area contributed by atoms with Crippen LogP contribution in [0, 0.1) is 6.07 Å². The Balaban J connectivity index is 0.00000436. The average molecular weight is 934 g/mol. The van der Waals surface area contributed by atoms with E-state index in [-0.39, 0.29) is 45.5 Å². The maximum absolute atomic E-state index is 11.6. The minimum atomic E-state index is -0.325. The molecule has 3 aliphatic heterocycles. The summed E-state index contributed by atoms with van der Waals surface area (Å²) in [5, 5.41) is 11.6. The van der Waals surface area contributed by atoms with Gasteiger partial charge in [0.25, 0.3) is 0 Å².